The average molecular weight is 1300 g/mol. The summed E-state index contributed by atoms with van der Waals surface area (Å²) >= 11 is 0. The molecule has 17 nitrogen and oxygen atoms in total. The van der Waals surface area contributed by atoms with Gasteiger partial charge in [-0.3, -0.25) is 37.3 Å². The van der Waals surface area contributed by atoms with Gasteiger partial charge in [0.1, 0.15) is 19.3 Å². The van der Waals surface area contributed by atoms with Gasteiger partial charge in [0.25, 0.3) is 0 Å². The first kappa shape index (κ1) is 86.1. The van der Waals surface area contributed by atoms with E-state index in [9.17, 15) is 43.2 Å². The van der Waals surface area contributed by atoms with Crippen LogP contribution in [0.2, 0.25) is 0 Å². The van der Waals surface area contributed by atoms with Crippen molar-refractivity contribution >= 4 is 39.5 Å². The van der Waals surface area contributed by atoms with E-state index in [-0.39, 0.29) is 25.7 Å². The molecule has 88 heavy (non-hydrogen) atoms. The minimum Gasteiger partial charge on any atom is -0.462 e. The molecule has 0 radical (unpaired) electrons. The summed E-state index contributed by atoms with van der Waals surface area (Å²) in [7, 11) is -9.89. The van der Waals surface area contributed by atoms with Gasteiger partial charge in [-0.1, -0.05) is 298 Å². The molecule has 0 aliphatic carbocycles. The van der Waals surface area contributed by atoms with E-state index in [0.29, 0.717) is 25.7 Å². The van der Waals surface area contributed by atoms with E-state index in [1.54, 1.807) is 0 Å². The Kier molecular flexibility index (Phi) is 59.9. The summed E-state index contributed by atoms with van der Waals surface area (Å²) in [6.07, 6.45) is 46.1. The summed E-state index contributed by atoms with van der Waals surface area (Å²) in [6, 6.07) is 0. The van der Waals surface area contributed by atoms with Crippen LogP contribution >= 0.6 is 15.6 Å². The third-order valence-electron chi connectivity index (χ3n) is 16.0. The van der Waals surface area contributed by atoms with E-state index in [4.69, 9.17) is 37.0 Å². The van der Waals surface area contributed by atoms with Crippen LogP contribution < -0.4 is 0 Å². The lowest BCUT2D eigenvalue weighted by molar-refractivity contribution is -0.161. The first-order valence-corrected chi connectivity index (χ1v) is 39.0. The number of unbranched alkanes of at least 4 members (excludes halogenated alkanes) is 38. The van der Waals surface area contributed by atoms with Crippen LogP contribution in [0, 0.1) is 11.8 Å². The largest absolute Gasteiger partial charge is 0.472 e. The molecular formula is C69H134O17P2. The first-order valence-electron chi connectivity index (χ1n) is 36.0. The lowest BCUT2D eigenvalue weighted by Gasteiger charge is -2.21. The van der Waals surface area contributed by atoms with Crippen molar-refractivity contribution in [2.24, 2.45) is 11.8 Å². The molecule has 0 saturated heterocycles. The molecule has 0 bridgehead atoms. The normalized spacial score (nSPS) is 14.2. The van der Waals surface area contributed by atoms with E-state index >= 15 is 0 Å². The zero-order valence-corrected chi connectivity index (χ0v) is 58.8. The molecule has 2 unspecified atom stereocenters. The number of carbonyl (C=O) groups excluding carboxylic acids is 4. The maximum atomic E-state index is 13.0. The van der Waals surface area contributed by atoms with Crippen molar-refractivity contribution in [3.05, 3.63) is 0 Å². The van der Waals surface area contributed by atoms with Crippen molar-refractivity contribution in [2.75, 3.05) is 39.6 Å². The third kappa shape index (κ3) is 62.8. The second-order valence-electron chi connectivity index (χ2n) is 25.9. The Labute approximate surface area is 537 Å². The second-order valence-corrected chi connectivity index (χ2v) is 28.8. The Hall–Kier alpha value is -1.94. The highest BCUT2D eigenvalue weighted by Crippen LogP contribution is 2.45. The van der Waals surface area contributed by atoms with Crippen molar-refractivity contribution in [3.8, 4) is 0 Å². The number of rotatable bonds is 68. The summed E-state index contributed by atoms with van der Waals surface area (Å²) in [4.78, 5) is 72.2. The predicted molar refractivity (Wildman–Crippen MR) is 354 cm³/mol. The molecular weight excluding hydrogens is 1160 g/mol. The molecule has 3 N–H and O–H groups in total. The van der Waals surface area contributed by atoms with E-state index in [1.165, 1.54) is 141 Å². The molecule has 0 aromatic heterocycles. The lowest BCUT2D eigenvalue weighted by atomic mass is 10.0. The maximum Gasteiger partial charge on any atom is 0.472 e. The molecule has 0 aromatic carbocycles. The molecule has 0 fully saturated rings. The Bertz CT molecular complexity index is 1720. The Balaban J connectivity index is 5.15. The summed E-state index contributed by atoms with van der Waals surface area (Å²) < 4.78 is 68.0. The van der Waals surface area contributed by atoms with E-state index in [2.05, 4.69) is 41.5 Å². The molecule has 0 aliphatic rings. The number of carbonyl (C=O) groups is 4. The molecule has 0 spiro atoms. The number of aliphatic hydroxyl groups is 1. The molecule has 0 rings (SSSR count). The van der Waals surface area contributed by atoms with Gasteiger partial charge in [0.15, 0.2) is 12.2 Å². The molecule has 0 amide bonds. The second kappa shape index (κ2) is 61.3. The molecule has 0 saturated carbocycles. The minimum atomic E-state index is -4.95. The Morgan fingerprint density at radius 2 is 0.523 bits per heavy atom. The first-order chi connectivity index (χ1) is 42.4. The van der Waals surface area contributed by atoms with Gasteiger partial charge in [0.05, 0.1) is 26.4 Å². The van der Waals surface area contributed by atoms with Crippen LogP contribution in [0.15, 0.2) is 0 Å². The average Bonchev–Trinajstić information content (AvgIpc) is 3.52. The van der Waals surface area contributed by atoms with Crippen LogP contribution in [-0.4, -0.2) is 96.7 Å². The van der Waals surface area contributed by atoms with Gasteiger partial charge in [-0.15, -0.1) is 0 Å². The quantitative estimate of drug-likeness (QED) is 0.0222. The van der Waals surface area contributed by atoms with Crippen LogP contribution in [0.4, 0.5) is 0 Å². The number of phosphoric acid groups is 2. The third-order valence-corrected chi connectivity index (χ3v) is 17.9. The van der Waals surface area contributed by atoms with Gasteiger partial charge in [0.2, 0.25) is 0 Å². The lowest BCUT2D eigenvalue weighted by Crippen LogP contribution is -2.30. The number of phosphoric ester groups is 2. The van der Waals surface area contributed by atoms with Crippen LogP contribution in [-0.2, 0) is 65.4 Å². The molecule has 5 atom stereocenters. The van der Waals surface area contributed by atoms with Crippen molar-refractivity contribution in [3.63, 3.8) is 0 Å². The molecule has 0 aliphatic heterocycles. The smallest absolute Gasteiger partial charge is 0.462 e. The van der Waals surface area contributed by atoms with Crippen LogP contribution in [0.1, 0.15) is 350 Å². The highest BCUT2D eigenvalue weighted by atomic mass is 31.2. The van der Waals surface area contributed by atoms with Crippen LogP contribution in [0.25, 0.3) is 0 Å². The van der Waals surface area contributed by atoms with Crippen molar-refractivity contribution in [1.29, 1.82) is 0 Å². The van der Waals surface area contributed by atoms with E-state index < -0.39 is 97.5 Å². The number of aliphatic hydroxyl groups excluding tert-OH is 1. The van der Waals surface area contributed by atoms with Gasteiger partial charge < -0.3 is 33.8 Å². The molecule has 0 heterocycles. The Morgan fingerprint density at radius 3 is 0.773 bits per heavy atom. The summed E-state index contributed by atoms with van der Waals surface area (Å²) in [5.74, 6) is -0.540. The van der Waals surface area contributed by atoms with Gasteiger partial charge in [-0.05, 0) is 37.5 Å². The van der Waals surface area contributed by atoms with Gasteiger partial charge in [-0.2, -0.15) is 0 Å². The van der Waals surface area contributed by atoms with Crippen LogP contribution in [0.5, 0.6) is 0 Å². The van der Waals surface area contributed by atoms with E-state index in [1.807, 2.05) is 0 Å². The van der Waals surface area contributed by atoms with Gasteiger partial charge >= 0.3 is 39.5 Å². The van der Waals surface area contributed by atoms with Crippen molar-refractivity contribution < 1.29 is 80.2 Å². The number of ether oxygens (including phenoxy) is 4. The van der Waals surface area contributed by atoms with Crippen LogP contribution in [0.3, 0.4) is 0 Å². The Morgan fingerprint density at radius 1 is 0.307 bits per heavy atom. The van der Waals surface area contributed by atoms with Crippen molar-refractivity contribution in [1.82, 2.24) is 0 Å². The van der Waals surface area contributed by atoms with Gasteiger partial charge in [-0.25, -0.2) is 9.13 Å². The predicted octanol–water partition coefficient (Wildman–Crippen LogP) is 19.6. The summed E-state index contributed by atoms with van der Waals surface area (Å²) in [5, 5.41) is 10.5. The zero-order chi connectivity index (χ0) is 65.0. The van der Waals surface area contributed by atoms with Gasteiger partial charge in [0, 0.05) is 25.7 Å². The molecule has 0 aromatic rings. The summed E-state index contributed by atoms with van der Waals surface area (Å²) in [6.45, 7) is 9.50. The topological polar surface area (TPSA) is 237 Å². The van der Waals surface area contributed by atoms with Crippen molar-refractivity contribution in [2.45, 2.75) is 368 Å². The molecule has 19 heteroatoms. The number of hydrogen-bond acceptors (Lipinski definition) is 15. The molecule has 522 valence electrons. The minimum absolute atomic E-state index is 0.103. The standard InChI is InChI=1S/C69H134O17P2/c1-7-9-11-13-31-39-45-51-66(71)79-57-64(85-68(73)53-47-41-32-14-12-10-8-2)59-83-87(75,76)81-55-63(70)56-82-88(77,78)84-60-65(86-69(74)54-48-42-36-30-26-22-18-16-20-24-28-34-38-44-50-62(5)6)58-80-67(72)52-46-40-35-29-25-21-17-15-19-23-27-33-37-43-49-61(3)4/h61-65,70H,7-60H2,1-6H3,(H,75,76)(H,77,78)/t63-,64+,65+/m0/s1. The SMILES string of the molecule is CCCCCCCCCC(=O)OC[C@H](COP(=O)(O)OC[C@H](O)COP(=O)(O)OC[C@@H](COC(=O)CCCCCCCCCCCCCCCCC(C)C)OC(=O)CCCCCCCCCCCCCCCCC(C)C)OC(=O)CCCCCCCCC. The fourth-order valence-corrected chi connectivity index (χ4v) is 12.0. The highest BCUT2D eigenvalue weighted by molar-refractivity contribution is 7.47. The van der Waals surface area contributed by atoms with E-state index in [0.717, 1.165) is 127 Å². The fourth-order valence-electron chi connectivity index (χ4n) is 10.4. The number of hydrogen-bond donors (Lipinski definition) is 3. The zero-order valence-electron chi connectivity index (χ0n) is 57.0. The highest BCUT2D eigenvalue weighted by Gasteiger charge is 2.30. The maximum absolute atomic E-state index is 13.0. The fraction of sp³-hybridized carbons (Fsp3) is 0.942. The summed E-state index contributed by atoms with van der Waals surface area (Å²) in [5.41, 5.74) is 0. The number of esters is 4. The monoisotopic (exact) mass is 1300 g/mol.